The number of nitrogens with one attached hydrogen (secondary N) is 1. The molecule has 1 saturated heterocycles. The molecular formula is C21H23F3N6. The predicted molar refractivity (Wildman–Crippen MR) is 107 cm³/mol. The Balaban J connectivity index is 1.69. The number of rotatable bonds is 4. The second-order valence-corrected chi connectivity index (χ2v) is 8.02. The van der Waals surface area contributed by atoms with Crippen LogP contribution in [0.5, 0.6) is 0 Å². The van der Waals surface area contributed by atoms with E-state index >= 15 is 0 Å². The number of nitrogens with zero attached hydrogens (tertiary/aromatic N) is 5. The zero-order valence-corrected chi connectivity index (χ0v) is 16.9. The van der Waals surface area contributed by atoms with Crippen molar-refractivity contribution in [2.24, 2.45) is 0 Å². The molecule has 0 spiro atoms. The Labute approximate surface area is 172 Å². The van der Waals surface area contributed by atoms with Crippen molar-refractivity contribution in [3.63, 3.8) is 0 Å². The summed E-state index contributed by atoms with van der Waals surface area (Å²) in [6.45, 7) is 6.22. The molecular weight excluding hydrogens is 393 g/mol. The normalized spacial score (nSPS) is 16.4. The van der Waals surface area contributed by atoms with Crippen molar-refractivity contribution < 1.29 is 13.2 Å². The first kappa shape index (κ1) is 20.4. The SMILES string of the molecule is CC(C)n1nc(-c2cnc3[nH]cc(C(F)(F)F)c3c2)cc1C1CCN(CC#N)CC1. The molecule has 0 bridgehead atoms. The number of aromatic nitrogens is 4. The van der Waals surface area contributed by atoms with Crippen molar-refractivity contribution in [1.29, 1.82) is 5.26 Å². The number of alkyl halides is 3. The van der Waals surface area contributed by atoms with Crippen LogP contribution in [-0.4, -0.2) is 44.3 Å². The molecule has 6 nitrogen and oxygen atoms in total. The van der Waals surface area contributed by atoms with Crippen molar-refractivity contribution in [2.45, 2.75) is 44.8 Å². The molecule has 1 fully saturated rings. The number of hydrogen-bond donors (Lipinski definition) is 1. The van der Waals surface area contributed by atoms with Crippen LogP contribution in [0.3, 0.4) is 0 Å². The Kier molecular flexibility index (Phi) is 5.28. The Morgan fingerprint density at radius 1 is 1.27 bits per heavy atom. The van der Waals surface area contributed by atoms with Crippen molar-refractivity contribution in [3.05, 3.63) is 35.8 Å². The highest BCUT2D eigenvalue weighted by Gasteiger charge is 2.34. The molecule has 1 aliphatic heterocycles. The fourth-order valence-electron chi connectivity index (χ4n) is 4.13. The summed E-state index contributed by atoms with van der Waals surface area (Å²) < 4.78 is 41.9. The summed E-state index contributed by atoms with van der Waals surface area (Å²) in [4.78, 5) is 8.90. The zero-order chi connectivity index (χ0) is 21.5. The average Bonchev–Trinajstić information content (AvgIpc) is 3.33. The molecule has 0 atom stereocenters. The number of hydrogen-bond acceptors (Lipinski definition) is 4. The van der Waals surface area contributed by atoms with E-state index in [0.717, 1.165) is 37.8 Å². The van der Waals surface area contributed by atoms with Crippen LogP contribution in [0.25, 0.3) is 22.3 Å². The van der Waals surface area contributed by atoms with Crippen LogP contribution in [0.15, 0.2) is 24.5 Å². The number of H-pyrrole nitrogens is 1. The number of likely N-dealkylation sites (tertiary alicyclic amines) is 1. The van der Waals surface area contributed by atoms with E-state index in [1.54, 1.807) is 6.20 Å². The van der Waals surface area contributed by atoms with Gasteiger partial charge in [0.2, 0.25) is 0 Å². The minimum atomic E-state index is -4.45. The molecule has 4 heterocycles. The third-order valence-electron chi connectivity index (χ3n) is 5.69. The Hall–Kier alpha value is -2.86. The topological polar surface area (TPSA) is 73.5 Å². The molecule has 0 aliphatic carbocycles. The minimum Gasteiger partial charge on any atom is -0.346 e. The summed E-state index contributed by atoms with van der Waals surface area (Å²) >= 11 is 0. The summed E-state index contributed by atoms with van der Waals surface area (Å²) in [5, 5.41) is 13.7. The molecule has 3 aromatic rings. The van der Waals surface area contributed by atoms with Crippen molar-refractivity contribution >= 4 is 11.0 Å². The van der Waals surface area contributed by atoms with E-state index in [4.69, 9.17) is 10.4 Å². The highest BCUT2D eigenvalue weighted by Crippen LogP contribution is 2.37. The largest absolute Gasteiger partial charge is 0.418 e. The van der Waals surface area contributed by atoms with Crippen molar-refractivity contribution in [3.8, 4) is 17.3 Å². The molecule has 158 valence electrons. The predicted octanol–water partition coefficient (Wildman–Crippen LogP) is 4.73. The number of nitriles is 1. The van der Waals surface area contributed by atoms with Gasteiger partial charge >= 0.3 is 6.18 Å². The van der Waals surface area contributed by atoms with Crippen LogP contribution < -0.4 is 0 Å². The van der Waals surface area contributed by atoms with Crippen LogP contribution in [0.4, 0.5) is 13.2 Å². The van der Waals surface area contributed by atoms with Gasteiger partial charge in [-0.15, -0.1) is 0 Å². The summed E-state index contributed by atoms with van der Waals surface area (Å²) in [6, 6.07) is 5.81. The quantitative estimate of drug-likeness (QED) is 0.624. The lowest BCUT2D eigenvalue weighted by Crippen LogP contribution is -2.33. The first-order valence-corrected chi connectivity index (χ1v) is 10.0. The Morgan fingerprint density at radius 3 is 2.63 bits per heavy atom. The van der Waals surface area contributed by atoms with Crippen LogP contribution in [0.2, 0.25) is 0 Å². The third-order valence-corrected chi connectivity index (χ3v) is 5.69. The Morgan fingerprint density at radius 2 is 2.00 bits per heavy atom. The molecule has 0 unspecified atom stereocenters. The standard InChI is InChI=1S/C21H23F3N6/c1-13(2)30-19(14-3-6-29(7-4-14)8-5-25)10-18(28-30)15-9-16-17(21(22,23)24)12-27-20(16)26-11-15/h9-14H,3-4,6-8H2,1-2H3,(H,26,27). The van der Waals surface area contributed by atoms with Gasteiger partial charge in [0.15, 0.2) is 0 Å². The molecule has 1 N–H and O–H groups in total. The highest BCUT2D eigenvalue weighted by molar-refractivity contribution is 5.84. The summed E-state index contributed by atoms with van der Waals surface area (Å²) in [5.74, 6) is 0.304. The molecule has 4 rings (SSSR count). The van der Waals surface area contributed by atoms with Crippen LogP contribution in [0, 0.1) is 11.3 Å². The maximum atomic E-state index is 13.3. The van der Waals surface area contributed by atoms with Crippen molar-refractivity contribution in [1.82, 2.24) is 24.6 Å². The molecule has 0 amide bonds. The van der Waals surface area contributed by atoms with Crippen LogP contribution in [0.1, 0.15) is 49.9 Å². The van der Waals surface area contributed by atoms with E-state index in [1.165, 1.54) is 6.07 Å². The number of fused-ring (bicyclic) bond motifs is 1. The number of halogens is 3. The summed E-state index contributed by atoms with van der Waals surface area (Å²) in [7, 11) is 0. The summed E-state index contributed by atoms with van der Waals surface area (Å²) in [5.41, 5.74) is 1.76. The number of pyridine rings is 1. The molecule has 0 aromatic carbocycles. The smallest absolute Gasteiger partial charge is 0.346 e. The lowest BCUT2D eigenvalue weighted by atomic mass is 9.92. The van der Waals surface area contributed by atoms with Gasteiger partial charge in [-0.3, -0.25) is 9.58 Å². The van der Waals surface area contributed by atoms with E-state index in [2.05, 4.69) is 20.9 Å². The molecule has 1 aliphatic rings. The van der Waals surface area contributed by atoms with Crippen LogP contribution >= 0.6 is 0 Å². The zero-order valence-electron chi connectivity index (χ0n) is 16.9. The second-order valence-electron chi connectivity index (χ2n) is 8.02. The maximum Gasteiger partial charge on any atom is 0.418 e. The van der Waals surface area contributed by atoms with Gasteiger partial charge in [-0.2, -0.15) is 23.5 Å². The third kappa shape index (κ3) is 3.79. The molecule has 30 heavy (non-hydrogen) atoms. The van der Waals surface area contributed by atoms with E-state index in [1.807, 2.05) is 24.6 Å². The van der Waals surface area contributed by atoms with Crippen molar-refractivity contribution in [2.75, 3.05) is 19.6 Å². The molecule has 3 aromatic heterocycles. The van der Waals surface area contributed by atoms with Gasteiger partial charge in [0.25, 0.3) is 0 Å². The average molecular weight is 416 g/mol. The van der Waals surface area contributed by atoms with E-state index in [9.17, 15) is 13.2 Å². The number of aromatic amines is 1. The fourth-order valence-corrected chi connectivity index (χ4v) is 4.13. The molecule has 9 heteroatoms. The van der Waals surface area contributed by atoms with Gasteiger partial charge in [-0.25, -0.2) is 4.98 Å². The second kappa shape index (κ2) is 7.76. The first-order valence-electron chi connectivity index (χ1n) is 10.0. The lowest BCUT2D eigenvalue weighted by molar-refractivity contribution is -0.136. The highest BCUT2D eigenvalue weighted by atomic mass is 19.4. The fraction of sp³-hybridized carbons (Fsp3) is 0.476. The van der Waals surface area contributed by atoms with Gasteiger partial charge in [-0.1, -0.05) is 0 Å². The Bertz CT molecular complexity index is 1080. The number of piperidine rings is 1. The van der Waals surface area contributed by atoms with E-state index < -0.39 is 11.7 Å². The van der Waals surface area contributed by atoms with Gasteiger partial charge in [-0.05, 0) is 51.9 Å². The maximum absolute atomic E-state index is 13.3. The minimum absolute atomic E-state index is 0.0467. The van der Waals surface area contributed by atoms with Gasteiger partial charge < -0.3 is 4.98 Å². The molecule has 0 radical (unpaired) electrons. The lowest BCUT2D eigenvalue weighted by Gasteiger charge is -2.30. The molecule has 0 saturated carbocycles. The monoisotopic (exact) mass is 416 g/mol. The van der Waals surface area contributed by atoms with E-state index in [0.29, 0.717) is 23.7 Å². The van der Waals surface area contributed by atoms with Crippen LogP contribution in [-0.2, 0) is 6.18 Å². The van der Waals surface area contributed by atoms with Gasteiger partial charge in [0.1, 0.15) is 5.65 Å². The van der Waals surface area contributed by atoms with Gasteiger partial charge in [0, 0.05) is 41.0 Å². The summed E-state index contributed by atoms with van der Waals surface area (Å²) in [6.07, 6.45) is -0.0853. The van der Waals surface area contributed by atoms with E-state index in [-0.39, 0.29) is 17.1 Å². The van der Waals surface area contributed by atoms with Gasteiger partial charge in [0.05, 0.1) is 23.9 Å². The first-order chi connectivity index (χ1) is 14.3.